The van der Waals surface area contributed by atoms with E-state index in [-0.39, 0.29) is 6.04 Å². The van der Waals surface area contributed by atoms with Crippen molar-refractivity contribution in [1.29, 1.82) is 0 Å². The number of hydrogen-bond acceptors (Lipinski definition) is 3. The molecule has 0 radical (unpaired) electrons. The Morgan fingerprint density at radius 2 is 1.83 bits per heavy atom. The van der Waals surface area contributed by atoms with Gasteiger partial charge in [-0.05, 0) is 25.0 Å². The van der Waals surface area contributed by atoms with E-state index in [1.807, 2.05) is 24.3 Å². The molecule has 0 saturated heterocycles. The molecule has 0 unspecified atom stereocenters. The molecule has 0 aromatic heterocycles. The maximum absolute atomic E-state index is 11.9. The molecule has 0 amide bonds. The molecule has 0 atom stereocenters. The molecule has 5 nitrogen and oxygen atoms in total. The van der Waals surface area contributed by atoms with Crippen LogP contribution in [0.1, 0.15) is 25.0 Å². The van der Waals surface area contributed by atoms with Crippen LogP contribution in [-0.2, 0) is 23.3 Å². The molecule has 1 rings (SSSR count). The molecule has 1 aromatic rings. The molecule has 0 aliphatic rings. The highest BCUT2D eigenvalue weighted by Gasteiger charge is 2.19. The van der Waals surface area contributed by atoms with Crippen molar-refractivity contribution in [3.63, 3.8) is 0 Å². The third-order valence-electron chi connectivity index (χ3n) is 2.53. The van der Waals surface area contributed by atoms with Gasteiger partial charge in [0.15, 0.2) is 0 Å². The van der Waals surface area contributed by atoms with Crippen LogP contribution in [-0.4, -0.2) is 25.8 Å². The molecule has 0 heterocycles. The Balaban J connectivity index is 2.84. The van der Waals surface area contributed by atoms with Gasteiger partial charge in [0.2, 0.25) is 0 Å². The number of nitrogens with zero attached hydrogens (tertiary/aromatic N) is 1. The summed E-state index contributed by atoms with van der Waals surface area (Å²) < 4.78 is 27.7. The van der Waals surface area contributed by atoms with Crippen molar-refractivity contribution in [2.45, 2.75) is 33.0 Å². The predicted molar refractivity (Wildman–Crippen MR) is 73.0 cm³/mol. The Kier molecular flexibility index (Phi) is 5.28. The maximum atomic E-state index is 11.9. The van der Waals surface area contributed by atoms with Gasteiger partial charge in [0, 0.05) is 26.2 Å². The Labute approximate surface area is 109 Å². The van der Waals surface area contributed by atoms with Crippen molar-refractivity contribution in [2.24, 2.45) is 5.73 Å². The molecule has 0 aliphatic carbocycles. The van der Waals surface area contributed by atoms with Crippen LogP contribution in [0.2, 0.25) is 0 Å². The summed E-state index contributed by atoms with van der Waals surface area (Å²) in [6.45, 7) is 4.30. The molecular weight excluding hydrogens is 250 g/mol. The van der Waals surface area contributed by atoms with Crippen molar-refractivity contribution >= 4 is 10.2 Å². The smallest absolute Gasteiger partial charge is 0.279 e. The average molecular weight is 271 g/mol. The van der Waals surface area contributed by atoms with Crippen molar-refractivity contribution in [3.8, 4) is 0 Å². The summed E-state index contributed by atoms with van der Waals surface area (Å²) in [5, 5.41) is 0. The first-order valence-electron chi connectivity index (χ1n) is 5.87. The lowest BCUT2D eigenvalue weighted by molar-refractivity contribution is 0.448. The maximum Gasteiger partial charge on any atom is 0.279 e. The molecule has 6 heteroatoms. The van der Waals surface area contributed by atoms with Crippen LogP contribution in [0, 0.1) is 0 Å². The molecule has 0 fully saturated rings. The first kappa shape index (κ1) is 15.1. The van der Waals surface area contributed by atoms with Gasteiger partial charge in [-0.2, -0.15) is 17.4 Å². The van der Waals surface area contributed by atoms with Gasteiger partial charge in [0.1, 0.15) is 0 Å². The van der Waals surface area contributed by atoms with Crippen molar-refractivity contribution in [2.75, 3.05) is 7.05 Å². The number of hydrogen-bond donors (Lipinski definition) is 2. The largest absolute Gasteiger partial charge is 0.326 e. The van der Waals surface area contributed by atoms with E-state index in [1.54, 1.807) is 20.9 Å². The second-order valence-corrected chi connectivity index (χ2v) is 6.32. The van der Waals surface area contributed by atoms with Gasteiger partial charge in [-0.3, -0.25) is 0 Å². The Morgan fingerprint density at radius 1 is 1.28 bits per heavy atom. The van der Waals surface area contributed by atoms with Crippen LogP contribution in [0.5, 0.6) is 0 Å². The van der Waals surface area contributed by atoms with E-state index in [0.29, 0.717) is 13.1 Å². The lowest BCUT2D eigenvalue weighted by atomic mass is 10.1. The van der Waals surface area contributed by atoms with Gasteiger partial charge >= 0.3 is 0 Å². The van der Waals surface area contributed by atoms with Crippen LogP contribution >= 0.6 is 0 Å². The van der Waals surface area contributed by atoms with E-state index < -0.39 is 10.2 Å². The monoisotopic (exact) mass is 271 g/mol. The molecular formula is C12H21N3O2S. The van der Waals surface area contributed by atoms with Gasteiger partial charge < -0.3 is 5.73 Å². The van der Waals surface area contributed by atoms with Gasteiger partial charge in [-0.15, -0.1) is 0 Å². The van der Waals surface area contributed by atoms with Crippen molar-refractivity contribution in [1.82, 2.24) is 9.03 Å². The van der Waals surface area contributed by atoms with E-state index in [9.17, 15) is 8.42 Å². The van der Waals surface area contributed by atoms with Gasteiger partial charge in [0.05, 0.1) is 0 Å². The fraction of sp³-hybridized carbons (Fsp3) is 0.500. The summed E-state index contributed by atoms with van der Waals surface area (Å²) in [6.07, 6.45) is 0. The first-order chi connectivity index (χ1) is 8.36. The molecule has 18 heavy (non-hydrogen) atoms. The highest BCUT2D eigenvalue weighted by atomic mass is 32.2. The highest BCUT2D eigenvalue weighted by Crippen LogP contribution is 2.12. The summed E-state index contributed by atoms with van der Waals surface area (Å²) in [5.41, 5.74) is 7.52. The number of benzene rings is 1. The predicted octanol–water partition coefficient (Wildman–Crippen LogP) is 0.820. The third-order valence-corrected chi connectivity index (χ3v) is 4.25. The molecule has 0 saturated carbocycles. The van der Waals surface area contributed by atoms with Gasteiger partial charge in [0.25, 0.3) is 10.2 Å². The van der Waals surface area contributed by atoms with Crippen LogP contribution in [0.3, 0.4) is 0 Å². The molecule has 1 aromatic carbocycles. The normalized spacial score (nSPS) is 12.3. The molecule has 102 valence electrons. The fourth-order valence-electron chi connectivity index (χ4n) is 1.62. The minimum absolute atomic E-state index is 0.123. The number of nitrogens with one attached hydrogen (secondary N) is 1. The number of nitrogens with two attached hydrogens (primary N) is 1. The molecule has 0 spiro atoms. The van der Waals surface area contributed by atoms with Crippen LogP contribution in [0.25, 0.3) is 0 Å². The highest BCUT2D eigenvalue weighted by molar-refractivity contribution is 7.87. The summed E-state index contributed by atoms with van der Waals surface area (Å²) in [4.78, 5) is 0. The molecule has 0 aliphatic heterocycles. The lowest BCUT2D eigenvalue weighted by Crippen LogP contribution is -2.41. The van der Waals surface area contributed by atoms with Gasteiger partial charge in [-0.25, -0.2) is 0 Å². The fourth-order valence-corrected chi connectivity index (χ4v) is 2.71. The molecule has 3 N–H and O–H groups in total. The van der Waals surface area contributed by atoms with E-state index in [2.05, 4.69) is 4.72 Å². The molecule has 0 bridgehead atoms. The quantitative estimate of drug-likeness (QED) is 0.804. The van der Waals surface area contributed by atoms with Crippen molar-refractivity contribution < 1.29 is 8.42 Å². The summed E-state index contributed by atoms with van der Waals surface area (Å²) in [7, 11) is -1.89. The summed E-state index contributed by atoms with van der Waals surface area (Å²) in [5.74, 6) is 0. The minimum atomic E-state index is -3.44. The van der Waals surface area contributed by atoms with E-state index >= 15 is 0 Å². The Bertz CT molecular complexity index is 486. The van der Waals surface area contributed by atoms with E-state index in [4.69, 9.17) is 5.73 Å². The summed E-state index contributed by atoms with van der Waals surface area (Å²) in [6, 6.07) is 7.45. The SMILES string of the molecule is CC(C)NS(=O)(=O)N(C)Cc1ccccc1CN. The standard InChI is InChI=1S/C12H21N3O2S/c1-10(2)14-18(16,17)15(3)9-12-7-5-4-6-11(12)8-13/h4-7,10,14H,8-9,13H2,1-3H3. The van der Waals surface area contributed by atoms with E-state index in [0.717, 1.165) is 11.1 Å². The zero-order valence-electron chi connectivity index (χ0n) is 11.1. The zero-order chi connectivity index (χ0) is 13.8. The second kappa shape index (κ2) is 6.29. The summed E-state index contributed by atoms with van der Waals surface area (Å²) >= 11 is 0. The van der Waals surface area contributed by atoms with Crippen LogP contribution in [0.15, 0.2) is 24.3 Å². The minimum Gasteiger partial charge on any atom is -0.326 e. The Morgan fingerprint density at radius 3 is 2.33 bits per heavy atom. The second-order valence-electron chi connectivity index (χ2n) is 4.51. The van der Waals surface area contributed by atoms with E-state index in [1.165, 1.54) is 4.31 Å². The lowest BCUT2D eigenvalue weighted by Gasteiger charge is -2.20. The Hall–Kier alpha value is -0.950. The average Bonchev–Trinajstić information content (AvgIpc) is 2.28. The van der Waals surface area contributed by atoms with Gasteiger partial charge in [-0.1, -0.05) is 24.3 Å². The van der Waals surface area contributed by atoms with Crippen LogP contribution in [0.4, 0.5) is 0 Å². The number of rotatable bonds is 6. The van der Waals surface area contributed by atoms with Crippen molar-refractivity contribution in [3.05, 3.63) is 35.4 Å². The third kappa shape index (κ3) is 4.06. The first-order valence-corrected chi connectivity index (χ1v) is 7.31. The zero-order valence-corrected chi connectivity index (χ0v) is 11.9. The van der Waals surface area contributed by atoms with Crippen LogP contribution < -0.4 is 10.5 Å². The topological polar surface area (TPSA) is 75.4 Å².